The average Bonchev–Trinajstić information content (AvgIpc) is 1.89. The largest absolute Gasteiger partial charge is 0.0928 e. The smallest absolute Gasteiger partial charge is 0.0153 e. The number of unbranched alkanes of at least 4 members (excludes halogenated alkanes) is 1. The summed E-state index contributed by atoms with van der Waals surface area (Å²) < 4.78 is 0. The fourth-order valence-corrected chi connectivity index (χ4v) is 2.84. The maximum absolute atomic E-state index is 3.62. The molecule has 0 nitrogen and oxygen atoms in total. The van der Waals surface area contributed by atoms with Crippen molar-refractivity contribution in [2.75, 3.05) is 10.7 Å². The van der Waals surface area contributed by atoms with Crippen molar-refractivity contribution in [1.29, 1.82) is 0 Å². The summed E-state index contributed by atoms with van der Waals surface area (Å²) in [7, 11) is 0. The Kier molecular flexibility index (Phi) is 9.76. The number of rotatable bonds is 6. The van der Waals surface area contributed by atoms with Gasteiger partial charge in [-0.2, -0.15) is 0 Å². The number of hydrogen-bond acceptors (Lipinski definition) is 0. The minimum absolute atomic E-state index is 0.714. The van der Waals surface area contributed by atoms with Gasteiger partial charge in [0.05, 0.1) is 0 Å². The molecule has 0 radical (unpaired) electrons. The molecule has 0 aliphatic heterocycles. The summed E-state index contributed by atoms with van der Waals surface area (Å²) >= 11 is 10.5. The molecule has 0 N–H and O–H groups in total. The summed E-state index contributed by atoms with van der Waals surface area (Å²) in [4.78, 5) is 0.714. The zero-order valence-corrected chi connectivity index (χ0v) is 10.7. The van der Waals surface area contributed by atoms with E-state index in [0.29, 0.717) is 4.83 Å². The highest BCUT2D eigenvalue weighted by Crippen LogP contribution is 2.14. The van der Waals surface area contributed by atoms with E-state index in [0.717, 1.165) is 10.7 Å². The molecule has 62 valence electrons. The monoisotopic (exact) mass is 334 g/mol. The summed E-state index contributed by atoms with van der Waals surface area (Å²) in [6.07, 6.45) is 5.16. The molecule has 0 saturated heterocycles. The average molecular weight is 337 g/mol. The standard InChI is InChI=1S/C7H13Br3/c8-5-2-1-3-7(10)4-6-9/h7H,1-6H2. The van der Waals surface area contributed by atoms with E-state index in [-0.39, 0.29) is 0 Å². The molecule has 0 aromatic rings. The van der Waals surface area contributed by atoms with Crippen molar-refractivity contribution in [3.8, 4) is 0 Å². The quantitative estimate of drug-likeness (QED) is 0.506. The van der Waals surface area contributed by atoms with Crippen LogP contribution in [-0.2, 0) is 0 Å². The predicted octanol–water partition coefficient (Wildman–Crippen LogP) is 4.10. The third kappa shape index (κ3) is 7.55. The van der Waals surface area contributed by atoms with Crippen LogP contribution in [0.25, 0.3) is 0 Å². The second-order valence-electron chi connectivity index (χ2n) is 2.26. The van der Waals surface area contributed by atoms with E-state index >= 15 is 0 Å². The number of alkyl halides is 3. The molecule has 0 aliphatic rings. The Morgan fingerprint density at radius 3 is 2.10 bits per heavy atom. The first-order valence-corrected chi connectivity index (χ1v) is 6.73. The summed E-state index contributed by atoms with van der Waals surface area (Å²) in [5.74, 6) is 0. The lowest BCUT2D eigenvalue weighted by atomic mass is 10.2. The summed E-state index contributed by atoms with van der Waals surface area (Å²) in [5, 5.41) is 2.25. The molecular weight excluding hydrogens is 324 g/mol. The minimum atomic E-state index is 0.714. The Morgan fingerprint density at radius 1 is 0.900 bits per heavy atom. The maximum Gasteiger partial charge on any atom is 0.0153 e. The van der Waals surface area contributed by atoms with Crippen molar-refractivity contribution >= 4 is 47.8 Å². The van der Waals surface area contributed by atoms with E-state index in [2.05, 4.69) is 47.8 Å². The van der Waals surface area contributed by atoms with Crippen LogP contribution < -0.4 is 0 Å². The molecular formula is C7H13Br3. The molecule has 0 rings (SSSR count). The second kappa shape index (κ2) is 8.54. The molecule has 1 atom stereocenters. The van der Waals surface area contributed by atoms with Crippen LogP contribution in [0.2, 0.25) is 0 Å². The van der Waals surface area contributed by atoms with E-state index in [1.54, 1.807) is 0 Å². The van der Waals surface area contributed by atoms with Crippen LogP contribution in [0.1, 0.15) is 25.7 Å². The van der Waals surface area contributed by atoms with Gasteiger partial charge in [-0.1, -0.05) is 54.2 Å². The van der Waals surface area contributed by atoms with Gasteiger partial charge in [-0.15, -0.1) is 0 Å². The molecule has 3 heteroatoms. The van der Waals surface area contributed by atoms with Gasteiger partial charge in [-0.05, 0) is 19.3 Å². The number of hydrogen-bond donors (Lipinski definition) is 0. The van der Waals surface area contributed by atoms with E-state index in [9.17, 15) is 0 Å². The molecule has 0 bridgehead atoms. The molecule has 0 saturated carbocycles. The van der Waals surface area contributed by atoms with Gasteiger partial charge in [-0.3, -0.25) is 0 Å². The molecule has 0 amide bonds. The molecule has 0 fully saturated rings. The molecule has 0 spiro atoms. The van der Waals surface area contributed by atoms with E-state index in [1.165, 1.54) is 25.7 Å². The van der Waals surface area contributed by atoms with Crippen molar-refractivity contribution < 1.29 is 0 Å². The molecule has 0 heterocycles. The zero-order valence-electron chi connectivity index (χ0n) is 5.95. The van der Waals surface area contributed by atoms with Crippen LogP contribution in [0.15, 0.2) is 0 Å². The topological polar surface area (TPSA) is 0 Å². The molecule has 0 aliphatic carbocycles. The Balaban J connectivity index is 2.97. The van der Waals surface area contributed by atoms with Gasteiger partial charge in [0.25, 0.3) is 0 Å². The highest BCUT2D eigenvalue weighted by molar-refractivity contribution is 9.10. The van der Waals surface area contributed by atoms with Gasteiger partial charge >= 0.3 is 0 Å². The third-order valence-corrected chi connectivity index (χ3v) is 3.26. The lowest BCUT2D eigenvalue weighted by Gasteiger charge is -2.05. The van der Waals surface area contributed by atoms with Crippen molar-refractivity contribution in [2.45, 2.75) is 30.5 Å². The normalized spacial score (nSPS) is 13.5. The van der Waals surface area contributed by atoms with E-state index in [4.69, 9.17) is 0 Å². The van der Waals surface area contributed by atoms with Gasteiger partial charge < -0.3 is 0 Å². The zero-order chi connectivity index (χ0) is 7.82. The Labute approximate surface area is 88.5 Å². The van der Waals surface area contributed by atoms with Gasteiger partial charge in [0.1, 0.15) is 0 Å². The van der Waals surface area contributed by atoms with Gasteiger partial charge in [0.2, 0.25) is 0 Å². The van der Waals surface area contributed by atoms with Gasteiger partial charge in [-0.25, -0.2) is 0 Å². The maximum atomic E-state index is 3.62. The fraction of sp³-hybridized carbons (Fsp3) is 1.00. The van der Waals surface area contributed by atoms with Crippen molar-refractivity contribution in [3.63, 3.8) is 0 Å². The fourth-order valence-electron chi connectivity index (χ4n) is 0.723. The van der Waals surface area contributed by atoms with Crippen LogP contribution >= 0.6 is 47.8 Å². The Bertz CT molecular complexity index is 65.9. The van der Waals surface area contributed by atoms with Crippen LogP contribution in [0.3, 0.4) is 0 Å². The van der Waals surface area contributed by atoms with Crippen molar-refractivity contribution in [1.82, 2.24) is 0 Å². The molecule has 1 unspecified atom stereocenters. The van der Waals surface area contributed by atoms with Crippen LogP contribution in [0.4, 0.5) is 0 Å². The first kappa shape index (κ1) is 11.4. The number of halogens is 3. The van der Waals surface area contributed by atoms with E-state index < -0.39 is 0 Å². The second-order valence-corrected chi connectivity index (χ2v) is 5.14. The van der Waals surface area contributed by atoms with Crippen molar-refractivity contribution in [3.05, 3.63) is 0 Å². The molecule has 0 aromatic carbocycles. The Morgan fingerprint density at radius 2 is 1.60 bits per heavy atom. The first-order chi connectivity index (χ1) is 4.81. The third-order valence-electron chi connectivity index (χ3n) is 1.32. The van der Waals surface area contributed by atoms with Crippen LogP contribution in [-0.4, -0.2) is 15.5 Å². The van der Waals surface area contributed by atoms with Crippen molar-refractivity contribution in [2.24, 2.45) is 0 Å². The molecule has 10 heavy (non-hydrogen) atoms. The highest BCUT2D eigenvalue weighted by atomic mass is 79.9. The first-order valence-electron chi connectivity index (χ1n) is 3.57. The van der Waals surface area contributed by atoms with Gasteiger partial charge in [0, 0.05) is 15.5 Å². The lowest BCUT2D eigenvalue weighted by Crippen LogP contribution is -1.97. The summed E-state index contributed by atoms with van der Waals surface area (Å²) in [6, 6.07) is 0. The Hall–Kier alpha value is 1.44. The molecule has 0 aromatic heterocycles. The summed E-state index contributed by atoms with van der Waals surface area (Å²) in [5.41, 5.74) is 0. The van der Waals surface area contributed by atoms with Gasteiger partial charge in [0.15, 0.2) is 0 Å². The van der Waals surface area contributed by atoms with E-state index in [1.807, 2.05) is 0 Å². The predicted molar refractivity (Wildman–Crippen MR) is 58.8 cm³/mol. The highest BCUT2D eigenvalue weighted by Gasteiger charge is 2.00. The SMILES string of the molecule is BrCCCCC(Br)CCBr. The lowest BCUT2D eigenvalue weighted by molar-refractivity contribution is 0.687. The van der Waals surface area contributed by atoms with Crippen LogP contribution in [0.5, 0.6) is 0 Å². The summed E-state index contributed by atoms with van der Waals surface area (Å²) in [6.45, 7) is 0. The van der Waals surface area contributed by atoms with Crippen LogP contribution in [0, 0.1) is 0 Å². The minimum Gasteiger partial charge on any atom is -0.0928 e.